The van der Waals surface area contributed by atoms with Gasteiger partial charge in [0.2, 0.25) is 11.8 Å². The molecule has 8 heteroatoms. The molecule has 8 nitrogen and oxygen atoms in total. The van der Waals surface area contributed by atoms with Gasteiger partial charge >= 0.3 is 0 Å². The average Bonchev–Trinajstić information content (AvgIpc) is 3.58. The molecule has 1 aliphatic carbocycles. The molecule has 5 rings (SSSR count). The summed E-state index contributed by atoms with van der Waals surface area (Å²) in [4.78, 5) is 43.4. The van der Waals surface area contributed by atoms with Crippen LogP contribution in [0.2, 0.25) is 0 Å². The van der Waals surface area contributed by atoms with E-state index in [1.165, 1.54) is 5.56 Å². The van der Waals surface area contributed by atoms with Crippen molar-refractivity contribution in [3.05, 3.63) is 42.0 Å². The molecule has 180 valence electrons. The predicted molar refractivity (Wildman–Crippen MR) is 130 cm³/mol. The van der Waals surface area contributed by atoms with Crippen molar-refractivity contribution in [3.63, 3.8) is 0 Å². The van der Waals surface area contributed by atoms with Gasteiger partial charge in [-0.3, -0.25) is 19.3 Å². The Morgan fingerprint density at radius 3 is 2.41 bits per heavy atom. The van der Waals surface area contributed by atoms with Crippen LogP contribution in [0.3, 0.4) is 0 Å². The lowest BCUT2D eigenvalue weighted by atomic mass is 9.90. The lowest BCUT2D eigenvalue weighted by Gasteiger charge is -2.36. The Morgan fingerprint density at radius 1 is 1.00 bits per heavy atom. The summed E-state index contributed by atoms with van der Waals surface area (Å²) in [5, 5.41) is 3.94. The van der Waals surface area contributed by atoms with Crippen molar-refractivity contribution in [1.82, 2.24) is 20.1 Å². The van der Waals surface area contributed by atoms with Gasteiger partial charge < -0.3 is 9.80 Å². The lowest BCUT2D eigenvalue weighted by molar-refractivity contribution is -0.135. The van der Waals surface area contributed by atoms with Gasteiger partial charge in [0.25, 0.3) is 5.91 Å². The highest BCUT2D eigenvalue weighted by Gasteiger charge is 2.59. The summed E-state index contributed by atoms with van der Waals surface area (Å²) in [5.74, 6) is 0.202. The van der Waals surface area contributed by atoms with Crippen molar-refractivity contribution in [2.45, 2.75) is 32.1 Å². The lowest BCUT2D eigenvalue weighted by Crippen LogP contribution is -2.50. The van der Waals surface area contributed by atoms with Crippen molar-refractivity contribution < 1.29 is 14.4 Å². The first-order chi connectivity index (χ1) is 16.5. The van der Waals surface area contributed by atoms with E-state index in [4.69, 9.17) is 0 Å². The molecule has 3 aliphatic heterocycles. The minimum atomic E-state index is -0.141. The number of carbonyl (C=O) groups excluding carboxylic acids is 3. The number of rotatable bonds is 5. The number of carbonyl (C=O) groups is 3. The number of hydrogen-bond acceptors (Lipinski definition) is 5. The molecule has 1 saturated carbocycles. The highest BCUT2D eigenvalue weighted by Crippen LogP contribution is 2.60. The first-order valence-corrected chi connectivity index (χ1v) is 12.4. The highest BCUT2D eigenvalue weighted by atomic mass is 16.2. The fraction of sp³-hybridized carbons (Fsp3) is 0.538. The second-order valence-electron chi connectivity index (χ2n) is 9.94. The van der Waals surface area contributed by atoms with Crippen LogP contribution in [0.4, 0.5) is 0 Å². The van der Waals surface area contributed by atoms with E-state index in [9.17, 15) is 14.4 Å². The molecule has 3 amide bonds. The van der Waals surface area contributed by atoms with Crippen LogP contribution >= 0.6 is 0 Å². The molecule has 34 heavy (non-hydrogen) atoms. The topological polar surface area (TPSA) is 85.3 Å². The minimum Gasteiger partial charge on any atom is -0.340 e. The van der Waals surface area contributed by atoms with Crippen molar-refractivity contribution >= 4 is 29.5 Å². The Morgan fingerprint density at radius 2 is 1.74 bits per heavy atom. The molecule has 4 aliphatic rings. The molecule has 0 aromatic heterocycles. The van der Waals surface area contributed by atoms with Crippen LogP contribution in [0.25, 0.3) is 6.08 Å². The zero-order valence-electron chi connectivity index (χ0n) is 19.6. The maximum Gasteiger partial charge on any atom is 0.270 e. The van der Waals surface area contributed by atoms with Gasteiger partial charge in [-0.2, -0.15) is 5.10 Å². The second kappa shape index (κ2) is 9.70. The Hall–Kier alpha value is -3.00. The quantitative estimate of drug-likeness (QED) is 0.721. The van der Waals surface area contributed by atoms with E-state index in [2.05, 4.69) is 39.7 Å². The Labute approximate surface area is 200 Å². The summed E-state index contributed by atoms with van der Waals surface area (Å²) in [6.07, 6.45) is 7.77. The van der Waals surface area contributed by atoms with E-state index < -0.39 is 0 Å². The number of piperazine rings is 1. The number of hydrogen-bond donors (Lipinski definition) is 1. The van der Waals surface area contributed by atoms with Crippen molar-refractivity contribution in [3.8, 4) is 0 Å². The first-order valence-electron chi connectivity index (χ1n) is 12.4. The van der Waals surface area contributed by atoms with E-state index in [1.54, 1.807) is 0 Å². The standard InChI is InChI=1S/C26H33N5O3/c32-23-9-8-22(27-28-23)25(34)30-13-10-26(11-14-30)19-21(26)24(33)31-17-15-29(16-18-31)12-4-7-20-5-2-1-3-6-20/h1-7,21H,8-19H2,(H,28,32)/b7-4+/t21-/m1/s1. The Bertz CT molecular complexity index is 989. The van der Waals surface area contributed by atoms with Gasteiger partial charge in [0.05, 0.1) is 0 Å². The summed E-state index contributed by atoms with van der Waals surface area (Å²) < 4.78 is 0. The van der Waals surface area contributed by atoms with Gasteiger partial charge in [-0.05, 0) is 30.2 Å². The van der Waals surface area contributed by atoms with Crippen LogP contribution in [0.15, 0.2) is 41.5 Å². The maximum absolute atomic E-state index is 13.2. The van der Waals surface area contributed by atoms with Crippen LogP contribution in [0.1, 0.15) is 37.7 Å². The summed E-state index contributed by atoms with van der Waals surface area (Å²) >= 11 is 0. The van der Waals surface area contributed by atoms with Crippen LogP contribution in [0, 0.1) is 11.3 Å². The fourth-order valence-electron chi connectivity index (χ4n) is 5.49. The van der Waals surface area contributed by atoms with E-state index in [0.29, 0.717) is 37.6 Å². The molecule has 2 saturated heterocycles. The molecule has 0 unspecified atom stereocenters. The Balaban J connectivity index is 1.05. The first kappa shape index (κ1) is 22.8. The highest BCUT2D eigenvalue weighted by molar-refractivity contribution is 6.39. The van der Waals surface area contributed by atoms with Crippen LogP contribution in [-0.4, -0.2) is 83.9 Å². The summed E-state index contributed by atoms with van der Waals surface area (Å²) in [7, 11) is 0. The third-order valence-corrected chi connectivity index (χ3v) is 7.84. The number of benzene rings is 1. The summed E-state index contributed by atoms with van der Waals surface area (Å²) in [5.41, 5.74) is 4.13. The molecule has 1 spiro atoms. The number of hydrazone groups is 1. The van der Waals surface area contributed by atoms with Crippen molar-refractivity contribution in [2.24, 2.45) is 16.4 Å². The van der Waals surface area contributed by atoms with Gasteiger partial charge in [0.15, 0.2) is 0 Å². The molecule has 3 heterocycles. The number of nitrogens with one attached hydrogen (secondary N) is 1. The van der Waals surface area contributed by atoms with Gasteiger partial charge in [-0.25, -0.2) is 5.43 Å². The molecule has 1 atom stereocenters. The number of piperidine rings is 1. The van der Waals surface area contributed by atoms with Crippen LogP contribution < -0.4 is 5.43 Å². The predicted octanol–water partition coefficient (Wildman–Crippen LogP) is 1.74. The molecular formula is C26H33N5O3. The van der Waals surface area contributed by atoms with Gasteiger partial charge in [0.1, 0.15) is 5.71 Å². The van der Waals surface area contributed by atoms with Crippen LogP contribution in [-0.2, 0) is 14.4 Å². The van der Waals surface area contributed by atoms with E-state index in [-0.39, 0.29) is 23.1 Å². The van der Waals surface area contributed by atoms with Gasteiger partial charge in [0, 0.05) is 64.6 Å². The van der Waals surface area contributed by atoms with E-state index in [0.717, 1.165) is 52.0 Å². The molecular weight excluding hydrogens is 430 g/mol. The molecule has 1 aromatic rings. The zero-order chi connectivity index (χ0) is 23.5. The van der Waals surface area contributed by atoms with Gasteiger partial charge in [-0.15, -0.1) is 0 Å². The number of nitrogens with zero attached hydrogens (tertiary/aromatic N) is 4. The fourth-order valence-corrected chi connectivity index (χ4v) is 5.49. The molecule has 0 bridgehead atoms. The van der Waals surface area contributed by atoms with Crippen LogP contribution in [0.5, 0.6) is 0 Å². The smallest absolute Gasteiger partial charge is 0.270 e. The monoisotopic (exact) mass is 463 g/mol. The second-order valence-corrected chi connectivity index (χ2v) is 9.94. The van der Waals surface area contributed by atoms with E-state index >= 15 is 0 Å². The zero-order valence-corrected chi connectivity index (χ0v) is 19.6. The normalized spacial score (nSPS) is 24.8. The van der Waals surface area contributed by atoms with Crippen molar-refractivity contribution in [1.29, 1.82) is 0 Å². The van der Waals surface area contributed by atoms with Gasteiger partial charge in [-0.1, -0.05) is 42.5 Å². The maximum atomic E-state index is 13.2. The minimum absolute atomic E-state index is 0.0733. The average molecular weight is 464 g/mol. The third kappa shape index (κ3) is 4.92. The summed E-state index contributed by atoms with van der Waals surface area (Å²) in [6.45, 7) is 5.63. The SMILES string of the molecule is O=C1CCC(C(=O)N2CCC3(CC2)C[C@@H]3C(=O)N2CCN(C/C=C/c3ccccc3)CC2)=NN1. The molecule has 0 radical (unpaired) electrons. The molecule has 3 fully saturated rings. The largest absolute Gasteiger partial charge is 0.340 e. The number of likely N-dealkylation sites (tertiary alicyclic amines) is 1. The number of amides is 3. The van der Waals surface area contributed by atoms with Crippen molar-refractivity contribution in [2.75, 3.05) is 45.8 Å². The van der Waals surface area contributed by atoms with E-state index in [1.807, 2.05) is 28.0 Å². The molecule has 1 aromatic carbocycles. The third-order valence-electron chi connectivity index (χ3n) is 7.84. The Kier molecular flexibility index (Phi) is 6.50. The molecule has 1 N–H and O–H groups in total. The summed E-state index contributed by atoms with van der Waals surface area (Å²) in [6, 6.07) is 10.3.